The van der Waals surface area contributed by atoms with E-state index in [4.69, 9.17) is 21.2 Å². The molecule has 154 valence electrons. The van der Waals surface area contributed by atoms with E-state index in [1.54, 1.807) is 5.06 Å². The lowest BCUT2D eigenvalue weighted by Gasteiger charge is -2.32. The molecular weight excluding hydrogens is 380 g/mol. The number of carbonyl (C=O) groups is 2. The van der Waals surface area contributed by atoms with E-state index in [0.717, 1.165) is 37.7 Å². The first-order valence-electron chi connectivity index (χ1n) is 9.94. The first-order valence-corrected chi connectivity index (χ1v) is 10.3. The molecule has 1 saturated heterocycles. The summed E-state index contributed by atoms with van der Waals surface area (Å²) in [5.74, 6) is -0.0437. The van der Waals surface area contributed by atoms with Gasteiger partial charge in [-0.2, -0.15) is 0 Å². The third kappa shape index (κ3) is 5.39. The van der Waals surface area contributed by atoms with Crippen molar-refractivity contribution < 1.29 is 19.2 Å². The molecule has 0 unspecified atom stereocenters. The monoisotopic (exact) mass is 408 g/mol. The van der Waals surface area contributed by atoms with Gasteiger partial charge in [-0.1, -0.05) is 23.7 Å². The molecule has 6 nitrogen and oxygen atoms in total. The summed E-state index contributed by atoms with van der Waals surface area (Å²) in [4.78, 5) is 30.6. The van der Waals surface area contributed by atoms with Gasteiger partial charge >= 0.3 is 6.09 Å². The molecule has 1 aromatic rings. The topological polar surface area (TPSA) is 67.9 Å². The van der Waals surface area contributed by atoms with Gasteiger partial charge in [0.2, 0.25) is 5.91 Å². The summed E-state index contributed by atoms with van der Waals surface area (Å²) in [5, 5.41) is 5.14. The first kappa shape index (κ1) is 20.9. The number of hydrogen-bond donors (Lipinski definition) is 1. The Labute approximate surface area is 171 Å². The summed E-state index contributed by atoms with van der Waals surface area (Å²) in [5.41, 5.74) is 0.525. The van der Waals surface area contributed by atoms with Crippen LogP contribution in [0.2, 0.25) is 5.02 Å². The Morgan fingerprint density at radius 2 is 1.75 bits per heavy atom. The standard InChI is InChI=1S/C21H29ClN2O4/c1-21(2,3)28-20(26)23-17-10-6-15(7-11-17)19(25)24-18(12-13-27-24)14-4-8-16(22)9-5-14/h4-5,8-9,15,17-18H,6-7,10-13H2,1-3H3,(H,23,26)/t15?,17?,18-/m0/s1. The molecule has 2 amide bonds. The lowest BCUT2D eigenvalue weighted by molar-refractivity contribution is -0.183. The van der Waals surface area contributed by atoms with Crippen LogP contribution in [0.1, 0.15) is 64.5 Å². The SMILES string of the molecule is CC(C)(C)OC(=O)NC1CCC(C(=O)N2OCC[C@H]2c2ccc(Cl)cc2)CC1. The van der Waals surface area contributed by atoms with E-state index < -0.39 is 11.7 Å². The molecule has 28 heavy (non-hydrogen) atoms. The number of carbonyl (C=O) groups excluding carboxylic acids is 2. The quantitative estimate of drug-likeness (QED) is 0.791. The Morgan fingerprint density at radius 3 is 2.36 bits per heavy atom. The number of ether oxygens (including phenoxy) is 1. The van der Waals surface area contributed by atoms with Gasteiger partial charge in [0.1, 0.15) is 5.60 Å². The molecule has 2 aliphatic rings. The van der Waals surface area contributed by atoms with Crippen LogP contribution in [-0.4, -0.2) is 35.3 Å². The van der Waals surface area contributed by atoms with Crippen molar-refractivity contribution in [3.8, 4) is 0 Å². The van der Waals surface area contributed by atoms with Crippen LogP contribution in [0.4, 0.5) is 4.79 Å². The molecule has 0 radical (unpaired) electrons. The van der Waals surface area contributed by atoms with Crippen molar-refractivity contribution in [2.45, 2.75) is 70.6 Å². The van der Waals surface area contributed by atoms with Gasteiger partial charge in [0.25, 0.3) is 0 Å². The Hall–Kier alpha value is -1.79. The zero-order valence-electron chi connectivity index (χ0n) is 16.7. The average Bonchev–Trinajstić information content (AvgIpc) is 3.10. The van der Waals surface area contributed by atoms with Crippen LogP contribution in [0.3, 0.4) is 0 Å². The number of nitrogens with zero attached hydrogens (tertiary/aromatic N) is 1. The van der Waals surface area contributed by atoms with Crippen LogP contribution in [0.5, 0.6) is 0 Å². The second-order valence-corrected chi connectivity index (χ2v) is 8.98. The number of hydroxylamine groups is 2. The van der Waals surface area contributed by atoms with Crippen LogP contribution in [0, 0.1) is 5.92 Å². The van der Waals surface area contributed by atoms with E-state index in [1.165, 1.54) is 0 Å². The van der Waals surface area contributed by atoms with Gasteiger partial charge in [0.05, 0.1) is 12.6 Å². The summed E-state index contributed by atoms with van der Waals surface area (Å²) >= 11 is 5.97. The molecule has 3 rings (SSSR count). The second-order valence-electron chi connectivity index (χ2n) is 8.55. The number of amides is 2. The normalized spacial score (nSPS) is 25.4. The third-order valence-electron chi connectivity index (χ3n) is 5.17. The Morgan fingerprint density at radius 1 is 1.11 bits per heavy atom. The molecule has 1 atom stereocenters. The molecule has 1 saturated carbocycles. The van der Waals surface area contributed by atoms with E-state index in [-0.39, 0.29) is 23.9 Å². The highest BCUT2D eigenvalue weighted by molar-refractivity contribution is 6.30. The molecule has 0 aromatic heterocycles. The highest BCUT2D eigenvalue weighted by Crippen LogP contribution is 2.35. The number of rotatable bonds is 3. The fourth-order valence-electron chi connectivity index (χ4n) is 3.81. The summed E-state index contributed by atoms with van der Waals surface area (Å²) in [6.45, 7) is 6.06. The average molecular weight is 409 g/mol. The van der Waals surface area contributed by atoms with Crippen molar-refractivity contribution in [2.75, 3.05) is 6.61 Å². The van der Waals surface area contributed by atoms with E-state index >= 15 is 0 Å². The number of benzene rings is 1. The summed E-state index contributed by atoms with van der Waals surface area (Å²) in [7, 11) is 0. The zero-order chi connectivity index (χ0) is 20.3. The summed E-state index contributed by atoms with van der Waals surface area (Å²) < 4.78 is 5.31. The number of alkyl carbamates (subject to hydrolysis) is 1. The summed E-state index contributed by atoms with van der Waals surface area (Å²) in [6, 6.07) is 7.55. The molecule has 2 fully saturated rings. The largest absolute Gasteiger partial charge is 0.444 e. The fourth-order valence-corrected chi connectivity index (χ4v) is 3.94. The molecule has 1 aliphatic heterocycles. The molecule has 7 heteroatoms. The second kappa shape index (κ2) is 8.70. The van der Waals surface area contributed by atoms with Crippen molar-refractivity contribution in [3.63, 3.8) is 0 Å². The van der Waals surface area contributed by atoms with Gasteiger partial charge in [-0.3, -0.25) is 9.63 Å². The Balaban J connectivity index is 1.53. The van der Waals surface area contributed by atoms with E-state index in [1.807, 2.05) is 45.0 Å². The fraction of sp³-hybridized carbons (Fsp3) is 0.619. The van der Waals surface area contributed by atoms with Crippen LogP contribution in [-0.2, 0) is 14.4 Å². The van der Waals surface area contributed by atoms with Crippen LogP contribution < -0.4 is 5.32 Å². The smallest absolute Gasteiger partial charge is 0.407 e. The molecular formula is C21H29ClN2O4. The molecule has 1 N–H and O–H groups in total. The maximum Gasteiger partial charge on any atom is 0.407 e. The highest BCUT2D eigenvalue weighted by atomic mass is 35.5. The predicted molar refractivity (Wildman–Crippen MR) is 107 cm³/mol. The Bertz CT molecular complexity index is 693. The lowest BCUT2D eigenvalue weighted by atomic mass is 9.85. The number of hydrogen-bond acceptors (Lipinski definition) is 4. The van der Waals surface area contributed by atoms with Crippen molar-refractivity contribution in [1.29, 1.82) is 0 Å². The highest BCUT2D eigenvalue weighted by Gasteiger charge is 2.37. The minimum Gasteiger partial charge on any atom is -0.444 e. The molecule has 1 aliphatic carbocycles. The lowest BCUT2D eigenvalue weighted by Crippen LogP contribution is -2.43. The minimum absolute atomic E-state index is 0.0353. The van der Waals surface area contributed by atoms with Crippen molar-refractivity contribution in [1.82, 2.24) is 10.4 Å². The van der Waals surface area contributed by atoms with Gasteiger partial charge < -0.3 is 10.1 Å². The van der Waals surface area contributed by atoms with Gasteiger partial charge in [0.15, 0.2) is 0 Å². The van der Waals surface area contributed by atoms with Crippen molar-refractivity contribution in [3.05, 3.63) is 34.9 Å². The minimum atomic E-state index is -0.513. The van der Waals surface area contributed by atoms with Gasteiger partial charge in [-0.15, -0.1) is 0 Å². The van der Waals surface area contributed by atoms with Crippen molar-refractivity contribution >= 4 is 23.6 Å². The van der Waals surface area contributed by atoms with E-state index in [9.17, 15) is 9.59 Å². The zero-order valence-corrected chi connectivity index (χ0v) is 17.5. The van der Waals surface area contributed by atoms with E-state index in [0.29, 0.717) is 11.6 Å². The van der Waals surface area contributed by atoms with E-state index in [2.05, 4.69) is 5.32 Å². The van der Waals surface area contributed by atoms with Gasteiger partial charge in [0, 0.05) is 23.4 Å². The van der Waals surface area contributed by atoms with Gasteiger partial charge in [-0.05, 0) is 64.2 Å². The molecule has 0 bridgehead atoms. The maximum atomic E-state index is 13.0. The summed E-state index contributed by atoms with van der Waals surface area (Å²) in [6.07, 6.45) is 3.36. The van der Waals surface area contributed by atoms with Crippen LogP contribution >= 0.6 is 11.6 Å². The third-order valence-corrected chi connectivity index (χ3v) is 5.43. The van der Waals surface area contributed by atoms with Crippen molar-refractivity contribution in [2.24, 2.45) is 5.92 Å². The Kier molecular flexibility index (Phi) is 6.50. The first-order chi connectivity index (χ1) is 13.2. The van der Waals surface area contributed by atoms with Crippen LogP contribution in [0.15, 0.2) is 24.3 Å². The molecule has 1 heterocycles. The maximum absolute atomic E-state index is 13.0. The van der Waals surface area contributed by atoms with Crippen LogP contribution in [0.25, 0.3) is 0 Å². The number of halogens is 1. The molecule has 1 aromatic carbocycles. The number of nitrogens with one attached hydrogen (secondary N) is 1. The van der Waals surface area contributed by atoms with Gasteiger partial charge in [-0.25, -0.2) is 9.86 Å². The molecule has 0 spiro atoms. The predicted octanol–water partition coefficient (Wildman–Crippen LogP) is 4.63.